The Kier molecular flexibility index (Phi) is 7.70. The van der Waals surface area contributed by atoms with E-state index in [0.29, 0.717) is 0 Å². The second kappa shape index (κ2) is 9.99. The van der Waals surface area contributed by atoms with Crippen molar-refractivity contribution >= 4 is 25.0 Å². The summed E-state index contributed by atoms with van der Waals surface area (Å²) in [6.07, 6.45) is -3.10. The maximum atomic E-state index is 12.1. The molecule has 14 heteroatoms. The SMILES string of the molecule is CC(C)N(C(C)C)[PH](O)(CCC#N)O[C@H]1[C@@H](O)[C@H](n2cnc3c(=O)[nH]c(N)nc32)O[C@@H]1CO. The number of H-pyrrole nitrogens is 1. The van der Waals surface area contributed by atoms with Crippen molar-refractivity contribution in [2.75, 3.05) is 18.5 Å². The molecule has 0 unspecified atom stereocenters. The van der Waals surface area contributed by atoms with Crippen LogP contribution in [0, 0.1) is 11.3 Å². The molecule has 2 aromatic heterocycles. The molecule has 3 heterocycles. The van der Waals surface area contributed by atoms with Crippen molar-refractivity contribution in [1.29, 1.82) is 5.26 Å². The number of nitrogens with zero attached hydrogens (tertiary/aromatic N) is 5. The summed E-state index contributed by atoms with van der Waals surface area (Å²) in [6.45, 7) is 7.15. The number of aromatic amines is 1. The third-order valence-electron chi connectivity index (χ3n) is 5.62. The molecule has 3 rings (SSSR count). The number of fused-ring (bicyclic) bond motifs is 1. The standard InChI is InChI=1S/C19H32N7O6P/c1-10(2)26(11(3)4)33(30,7-5-6-20)32-15-12(8-27)31-18(14(15)28)25-9-22-13-16(25)23-19(21)24-17(13)29/h9-12,14-15,18,27-28,30,33H,5,7-8H2,1-4H3,(H3,21,23,24,29)/t12-,14-,15-,18-/m1/s1. The van der Waals surface area contributed by atoms with Gasteiger partial charge in [0, 0.05) is 0 Å². The van der Waals surface area contributed by atoms with Crippen LogP contribution in [0.2, 0.25) is 0 Å². The number of aliphatic hydroxyl groups is 2. The van der Waals surface area contributed by atoms with Crippen molar-refractivity contribution in [1.82, 2.24) is 24.2 Å². The van der Waals surface area contributed by atoms with Gasteiger partial charge < -0.3 is 0 Å². The van der Waals surface area contributed by atoms with Gasteiger partial charge in [0.2, 0.25) is 0 Å². The number of aromatic nitrogens is 4. The van der Waals surface area contributed by atoms with Crippen molar-refractivity contribution in [3.05, 3.63) is 16.7 Å². The zero-order valence-electron chi connectivity index (χ0n) is 19.0. The summed E-state index contributed by atoms with van der Waals surface area (Å²) in [6, 6.07) is 1.84. The molecule has 33 heavy (non-hydrogen) atoms. The van der Waals surface area contributed by atoms with Crippen LogP contribution < -0.4 is 11.3 Å². The Morgan fingerprint density at radius 3 is 2.67 bits per heavy atom. The Labute approximate surface area is 191 Å². The summed E-state index contributed by atoms with van der Waals surface area (Å²) in [5, 5.41) is 30.2. The molecule has 0 saturated carbocycles. The molecule has 1 aliphatic rings. The third kappa shape index (κ3) is 4.88. The molecule has 1 fully saturated rings. The third-order valence-corrected chi connectivity index (χ3v) is 9.01. The Morgan fingerprint density at radius 2 is 2.09 bits per heavy atom. The quantitative estimate of drug-likeness (QED) is 0.296. The van der Waals surface area contributed by atoms with Crippen molar-refractivity contribution in [3.63, 3.8) is 0 Å². The Morgan fingerprint density at radius 1 is 1.42 bits per heavy atom. The molecule has 1 saturated heterocycles. The van der Waals surface area contributed by atoms with Crippen molar-refractivity contribution < 1.29 is 24.4 Å². The van der Waals surface area contributed by atoms with Crippen LogP contribution in [-0.4, -0.2) is 82.5 Å². The molecule has 6 N–H and O–H groups in total. The minimum absolute atomic E-state index is 0.00982. The van der Waals surface area contributed by atoms with Gasteiger partial charge in [-0.05, 0) is 0 Å². The fourth-order valence-electron chi connectivity index (χ4n) is 4.46. The van der Waals surface area contributed by atoms with Gasteiger partial charge in [0.05, 0.1) is 0 Å². The molecule has 0 spiro atoms. The summed E-state index contributed by atoms with van der Waals surface area (Å²) >= 11 is 0. The van der Waals surface area contributed by atoms with Gasteiger partial charge in [-0.3, -0.25) is 0 Å². The number of aliphatic hydroxyl groups excluding tert-OH is 2. The van der Waals surface area contributed by atoms with E-state index in [2.05, 4.69) is 15.0 Å². The maximum absolute atomic E-state index is 12.1. The zero-order valence-corrected chi connectivity index (χ0v) is 20.0. The van der Waals surface area contributed by atoms with Gasteiger partial charge in [0.15, 0.2) is 0 Å². The van der Waals surface area contributed by atoms with E-state index in [0.717, 1.165) is 0 Å². The summed E-state index contributed by atoms with van der Waals surface area (Å²) < 4.78 is 15.2. The zero-order chi connectivity index (χ0) is 24.5. The van der Waals surface area contributed by atoms with E-state index < -0.39 is 44.6 Å². The number of hydrogen-bond acceptors (Lipinski definition) is 11. The van der Waals surface area contributed by atoms with Crippen molar-refractivity contribution in [3.8, 4) is 6.07 Å². The number of anilines is 1. The number of nitrogen functional groups attached to an aromatic ring is 1. The predicted octanol–water partition coefficient (Wildman–Crippen LogP) is -0.143. The van der Waals surface area contributed by atoms with Gasteiger partial charge in [-0.25, -0.2) is 0 Å². The van der Waals surface area contributed by atoms with E-state index in [1.807, 2.05) is 38.4 Å². The fraction of sp³-hybridized carbons (Fsp3) is 0.684. The molecule has 0 aliphatic carbocycles. The number of nitrogens with two attached hydrogens (primary N) is 1. The first-order valence-corrected chi connectivity index (χ1v) is 12.8. The number of hydrogen-bond donors (Lipinski definition) is 5. The monoisotopic (exact) mass is 485 g/mol. The normalized spacial score (nSPS) is 24.3. The van der Waals surface area contributed by atoms with Crippen molar-refractivity contribution in [2.45, 2.75) is 70.7 Å². The van der Waals surface area contributed by atoms with E-state index in [-0.39, 0.29) is 41.8 Å². The molecule has 1 aliphatic heterocycles. The Balaban J connectivity index is 1.98. The van der Waals surface area contributed by atoms with Crippen LogP contribution in [0.1, 0.15) is 40.3 Å². The Hall–Kier alpha value is -2.17. The topological polar surface area (TPSA) is 196 Å². The Bertz CT molecular complexity index is 1060. The average Bonchev–Trinajstić information content (AvgIpc) is 3.27. The second-order valence-electron chi connectivity index (χ2n) is 8.59. The van der Waals surface area contributed by atoms with Gasteiger partial charge in [-0.2, -0.15) is 0 Å². The van der Waals surface area contributed by atoms with E-state index in [9.17, 15) is 19.9 Å². The van der Waals surface area contributed by atoms with E-state index in [1.54, 1.807) is 0 Å². The number of nitriles is 1. The van der Waals surface area contributed by atoms with Crippen LogP contribution in [0.5, 0.6) is 0 Å². The molecule has 0 radical (unpaired) electrons. The molecule has 184 valence electrons. The first-order chi connectivity index (χ1) is 15.5. The predicted molar refractivity (Wildman–Crippen MR) is 122 cm³/mol. The minimum atomic E-state index is -3.73. The summed E-state index contributed by atoms with van der Waals surface area (Å²) in [5.74, 6) is -0.129. The number of imidazole rings is 1. The molecule has 0 bridgehead atoms. The first-order valence-electron chi connectivity index (χ1n) is 10.8. The van der Waals surface area contributed by atoms with Crippen LogP contribution in [0.25, 0.3) is 11.2 Å². The van der Waals surface area contributed by atoms with Gasteiger partial charge in [-0.15, -0.1) is 0 Å². The van der Waals surface area contributed by atoms with Gasteiger partial charge in [-0.1, -0.05) is 0 Å². The molecule has 0 aromatic carbocycles. The average molecular weight is 485 g/mol. The van der Waals surface area contributed by atoms with Crippen LogP contribution in [-0.2, 0) is 9.26 Å². The number of ether oxygens (including phenoxy) is 1. The molecule has 2 aromatic rings. The van der Waals surface area contributed by atoms with Crippen LogP contribution in [0.15, 0.2) is 11.1 Å². The first kappa shape index (κ1) is 25.5. The van der Waals surface area contributed by atoms with E-state index in [1.165, 1.54) is 10.9 Å². The molecule has 4 atom stereocenters. The van der Waals surface area contributed by atoms with Crippen molar-refractivity contribution in [2.24, 2.45) is 0 Å². The molecular weight excluding hydrogens is 453 g/mol. The van der Waals surface area contributed by atoms with E-state index in [4.69, 9.17) is 20.3 Å². The van der Waals surface area contributed by atoms with Crippen LogP contribution in [0.3, 0.4) is 0 Å². The fourth-order valence-corrected chi connectivity index (χ4v) is 7.74. The second-order valence-corrected chi connectivity index (χ2v) is 11.3. The number of nitrogens with one attached hydrogen (secondary N) is 1. The number of rotatable bonds is 9. The summed E-state index contributed by atoms with van der Waals surface area (Å²) in [4.78, 5) is 34.2. The van der Waals surface area contributed by atoms with Crippen LogP contribution >= 0.6 is 7.87 Å². The molecule has 13 nitrogen and oxygen atoms in total. The van der Waals surface area contributed by atoms with Gasteiger partial charge in [0.25, 0.3) is 0 Å². The molecule has 0 amide bonds. The van der Waals surface area contributed by atoms with Crippen LogP contribution in [0.4, 0.5) is 5.95 Å². The summed E-state index contributed by atoms with van der Waals surface area (Å²) in [7, 11) is -3.73. The summed E-state index contributed by atoms with van der Waals surface area (Å²) in [5.41, 5.74) is 5.22. The van der Waals surface area contributed by atoms with E-state index >= 15 is 0 Å². The van der Waals surface area contributed by atoms with Gasteiger partial charge in [0.1, 0.15) is 0 Å². The van der Waals surface area contributed by atoms with Gasteiger partial charge >= 0.3 is 191 Å². The molecular formula is C19H32N7O6P.